The lowest BCUT2D eigenvalue weighted by Crippen LogP contribution is -2.45. The Morgan fingerprint density at radius 3 is 2.56 bits per heavy atom. The first-order valence-electron chi connectivity index (χ1n) is 8.88. The molecule has 1 aromatic carbocycles. The summed E-state index contributed by atoms with van der Waals surface area (Å²) in [6.07, 6.45) is 5.37. The molecule has 0 bridgehead atoms. The monoisotopic (exact) mass is 387 g/mol. The topological polar surface area (TPSA) is 101 Å². The molecule has 0 unspecified atom stereocenters. The minimum atomic E-state index is -0.826. The number of nitrogens with zero attached hydrogens (tertiary/aromatic N) is 1. The number of amides is 2. The highest BCUT2D eigenvalue weighted by Gasteiger charge is 2.35. The largest absolute Gasteiger partial charge is 0.347 e. The summed E-state index contributed by atoms with van der Waals surface area (Å²) >= 11 is 1.68. The minimum Gasteiger partial charge on any atom is -0.347 e. The van der Waals surface area contributed by atoms with Gasteiger partial charge in [-0.2, -0.15) is 0 Å². The van der Waals surface area contributed by atoms with Gasteiger partial charge in [0.1, 0.15) is 0 Å². The van der Waals surface area contributed by atoms with E-state index in [1.807, 2.05) is 11.4 Å². The first-order valence-corrected chi connectivity index (χ1v) is 9.76. The minimum absolute atomic E-state index is 0.117. The maximum atomic E-state index is 12.3. The second-order valence-electron chi connectivity index (χ2n) is 6.76. The lowest BCUT2D eigenvalue weighted by Gasteiger charge is -2.36. The standard InChI is InChI=1S/C19H21N3O4S/c23-17(18(24)21-14-6-4-7-15(12-14)22(25)26)20-13-19(9-2-1-3-10-19)16-8-5-11-27-16/h4-8,11-12H,1-3,9-10,13H2,(H,20,23)(H,21,24). The van der Waals surface area contributed by atoms with Crippen molar-refractivity contribution in [1.29, 1.82) is 0 Å². The van der Waals surface area contributed by atoms with Crippen LogP contribution in [0.4, 0.5) is 11.4 Å². The maximum absolute atomic E-state index is 12.3. The van der Waals surface area contributed by atoms with Crippen LogP contribution in [0.1, 0.15) is 37.0 Å². The number of hydrogen-bond donors (Lipinski definition) is 2. The first-order chi connectivity index (χ1) is 13.0. The van der Waals surface area contributed by atoms with Crippen molar-refractivity contribution in [3.63, 3.8) is 0 Å². The van der Waals surface area contributed by atoms with Crippen LogP contribution in [0.25, 0.3) is 0 Å². The van der Waals surface area contributed by atoms with Gasteiger partial charge in [-0.3, -0.25) is 19.7 Å². The molecule has 8 heteroatoms. The van der Waals surface area contributed by atoms with Crippen LogP contribution < -0.4 is 10.6 Å². The number of hydrogen-bond acceptors (Lipinski definition) is 5. The van der Waals surface area contributed by atoms with Crippen molar-refractivity contribution in [3.8, 4) is 0 Å². The van der Waals surface area contributed by atoms with E-state index in [9.17, 15) is 19.7 Å². The van der Waals surface area contributed by atoms with Crippen LogP contribution in [0.3, 0.4) is 0 Å². The molecule has 3 rings (SSSR count). The predicted molar refractivity (Wildman–Crippen MR) is 104 cm³/mol. The van der Waals surface area contributed by atoms with Crippen LogP contribution in [0.15, 0.2) is 41.8 Å². The van der Waals surface area contributed by atoms with E-state index in [1.54, 1.807) is 11.3 Å². The van der Waals surface area contributed by atoms with Crippen LogP contribution in [-0.2, 0) is 15.0 Å². The zero-order valence-corrected chi connectivity index (χ0v) is 15.6. The van der Waals surface area contributed by atoms with E-state index in [4.69, 9.17) is 0 Å². The summed E-state index contributed by atoms with van der Waals surface area (Å²) in [6, 6.07) is 9.60. The van der Waals surface area contributed by atoms with E-state index in [0.29, 0.717) is 6.54 Å². The molecule has 2 amide bonds. The molecule has 0 saturated heterocycles. The molecule has 0 radical (unpaired) electrons. The molecule has 2 N–H and O–H groups in total. The Balaban J connectivity index is 1.63. The van der Waals surface area contributed by atoms with Gasteiger partial charge in [0.15, 0.2) is 0 Å². The van der Waals surface area contributed by atoms with E-state index < -0.39 is 16.7 Å². The zero-order chi connectivity index (χ0) is 19.3. The van der Waals surface area contributed by atoms with E-state index in [0.717, 1.165) is 25.7 Å². The molecule has 0 atom stereocenters. The average molecular weight is 387 g/mol. The van der Waals surface area contributed by atoms with Gasteiger partial charge in [-0.25, -0.2) is 0 Å². The van der Waals surface area contributed by atoms with Crippen LogP contribution in [0, 0.1) is 10.1 Å². The normalized spacial score (nSPS) is 15.7. The predicted octanol–water partition coefficient (Wildman–Crippen LogP) is 3.61. The Labute approximate surface area is 160 Å². The third kappa shape index (κ3) is 4.51. The molecule has 27 heavy (non-hydrogen) atoms. The molecule has 1 aromatic heterocycles. The molecule has 0 aliphatic heterocycles. The molecule has 142 valence electrons. The van der Waals surface area contributed by atoms with Crippen molar-refractivity contribution >= 4 is 34.5 Å². The fourth-order valence-corrected chi connectivity index (χ4v) is 4.52. The molecule has 2 aromatic rings. The Kier molecular flexibility index (Phi) is 5.85. The lowest BCUT2D eigenvalue weighted by atomic mass is 9.73. The Hall–Kier alpha value is -2.74. The van der Waals surface area contributed by atoms with Crippen LogP contribution in [-0.4, -0.2) is 23.3 Å². The number of nitrogens with one attached hydrogen (secondary N) is 2. The number of carbonyl (C=O) groups is 2. The number of anilines is 1. The molecular weight excluding hydrogens is 366 g/mol. The van der Waals surface area contributed by atoms with Crippen molar-refractivity contribution in [3.05, 3.63) is 56.8 Å². The Morgan fingerprint density at radius 2 is 1.89 bits per heavy atom. The van der Waals surface area contributed by atoms with Crippen molar-refractivity contribution in [1.82, 2.24) is 5.32 Å². The van der Waals surface area contributed by atoms with Crippen molar-refractivity contribution in [2.45, 2.75) is 37.5 Å². The van der Waals surface area contributed by atoms with Gasteiger partial charge >= 0.3 is 11.8 Å². The van der Waals surface area contributed by atoms with Gasteiger partial charge in [0.25, 0.3) is 5.69 Å². The van der Waals surface area contributed by atoms with Gasteiger partial charge in [-0.1, -0.05) is 31.4 Å². The van der Waals surface area contributed by atoms with E-state index in [-0.39, 0.29) is 16.8 Å². The van der Waals surface area contributed by atoms with Gasteiger partial charge in [0.05, 0.1) is 4.92 Å². The van der Waals surface area contributed by atoms with Gasteiger partial charge < -0.3 is 10.6 Å². The molecule has 1 aliphatic rings. The highest BCUT2D eigenvalue weighted by atomic mass is 32.1. The molecule has 1 heterocycles. The molecule has 0 spiro atoms. The summed E-state index contributed by atoms with van der Waals surface area (Å²) in [5.41, 5.74) is -0.0458. The molecule has 1 fully saturated rings. The number of rotatable bonds is 5. The van der Waals surface area contributed by atoms with Gasteiger partial charge in [0.2, 0.25) is 0 Å². The number of thiophene rings is 1. The number of nitro groups is 1. The summed E-state index contributed by atoms with van der Waals surface area (Å²) in [6.45, 7) is 0.411. The number of carbonyl (C=O) groups excluding carboxylic acids is 2. The number of non-ortho nitro benzene ring substituents is 1. The first kappa shape index (κ1) is 19.0. The van der Waals surface area contributed by atoms with E-state index in [1.165, 1.54) is 35.6 Å². The van der Waals surface area contributed by atoms with Crippen LogP contribution >= 0.6 is 11.3 Å². The molecule has 1 aliphatic carbocycles. The third-order valence-corrected chi connectivity index (χ3v) is 6.08. The van der Waals surface area contributed by atoms with Crippen molar-refractivity contribution in [2.75, 3.05) is 11.9 Å². The van der Waals surface area contributed by atoms with E-state index in [2.05, 4.69) is 16.7 Å². The van der Waals surface area contributed by atoms with E-state index >= 15 is 0 Å². The highest BCUT2D eigenvalue weighted by Crippen LogP contribution is 2.41. The summed E-state index contributed by atoms with van der Waals surface area (Å²) < 4.78 is 0. The van der Waals surface area contributed by atoms with Crippen LogP contribution in [0.5, 0.6) is 0 Å². The molecular formula is C19H21N3O4S. The maximum Gasteiger partial charge on any atom is 0.313 e. The number of nitro benzene ring substituents is 1. The Morgan fingerprint density at radius 1 is 1.11 bits per heavy atom. The fraction of sp³-hybridized carbons (Fsp3) is 0.368. The SMILES string of the molecule is O=C(NCC1(c2cccs2)CCCCC1)C(=O)Nc1cccc([N+](=O)[O-])c1. The summed E-state index contributed by atoms with van der Waals surface area (Å²) in [7, 11) is 0. The van der Waals surface area contributed by atoms with Gasteiger partial charge in [-0.15, -0.1) is 11.3 Å². The second-order valence-corrected chi connectivity index (χ2v) is 7.71. The molecule has 7 nitrogen and oxygen atoms in total. The summed E-state index contributed by atoms with van der Waals surface area (Å²) in [5, 5.41) is 18.0. The summed E-state index contributed by atoms with van der Waals surface area (Å²) in [4.78, 5) is 35.9. The van der Waals surface area contributed by atoms with Gasteiger partial charge in [-0.05, 0) is 30.4 Å². The lowest BCUT2D eigenvalue weighted by molar-refractivity contribution is -0.384. The average Bonchev–Trinajstić information content (AvgIpc) is 3.22. The molecule has 1 saturated carbocycles. The van der Waals surface area contributed by atoms with Gasteiger partial charge in [0, 0.05) is 34.7 Å². The van der Waals surface area contributed by atoms with Crippen molar-refractivity contribution in [2.24, 2.45) is 0 Å². The van der Waals surface area contributed by atoms with Crippen LogP contribution in [0.2, 0.25) is 0 Å². The number of benzene rings is 1. The zero-order valence-electron chi connectivity index (χ0n) is 14.8. The fourth-order valence-electron chi connectivity index (χ4n) is 3.53. The second kappa shape index (κ2) is 8.30. The quantitative estimate of drug-likeness (QED) is 0.465. The third-order valence-electron chi connectivity index (χ3n) is 4.96. The Bertz CT molecular complexity index is 829. The smallest absolute Gasteiger partial charge is 0.313 e. The van der Waals surface area contributed by atoms with Crippen molar-refractivity contribution < 1.29 is 14.5 Å². The summed E-state index contributed by atoms with van der Waals surface area (Å²) in [5.74, 6) is -1.56. The highest BCUT2D eigenvalue weighted by molar-refractivity contribution is 7.10.